The van der Waals surface area contributed by atoms with Crippen molar-refractivity contribution in [3.05, 3.63) is 47.7 Å². The fourth-order valence-electron chi connectivity index (χ4n) is 2.06. The highest BCUT2D eigenvalue weighted by molar-refractivity contribution is 7.98. The molecule has 0 aliphatic heterocycles. The van der Waals surface area contributed by atoms with Gasteiger partial charge < -0.3 is 13.7 Å². The van der Waals surface area contributed by atoms with E-state index < -0.39 is 0 Å². The molecule has 0 unspecified atom stereocenters. The molecule has 7 nitrogen and oxygen atoms in total. The van der Waals surface area contributed by atoms with E-state index in [-0.39, 0.29) is 0 Å². The van der Waals surface area contributed by atoms with Crippen molar-refractivity contribution >= 4 is 23.1 Å². The molecule has 3 heterocycles. The van der Waals surface area contributed by atoms with Crippen molar-refractivity contribution in [3.63, 3.8) is 0 Å². The first-order chi connectivity index (χ1) is 12.3. The van der Waals surface area contributed by atoms with Crippen LogP contribution in [0.5, 0.6) is 5.75 Å². The van der Waals surface area contributed by atoms with E-state index in [1.807, 2.05) is 41.8 Å². The lowest BCUT2D eigenvalue weighted by molar-refractivity contribution is 0.391. The Morgan fingerprint density at radius 1 is 1.16 bits per heavy atom. The first kappa shape index (κ1) is 15.9. The van der Waals surface area contributed by atoms with Gasteiger partial charge in [-0.3, -0.25) is 0 Å². The van der Waals surface area contributed by atoms with E-state index >= 15 is 0 Å². The Morgan fingerprint density at radius 2 is 2.04 bits per heavy atom. The molecule has 1 aromatic carbocycles. The standard InChI is InChI=1S/C16H12N4O3S2/c1-21-11-6-4-10(5-7-11)15-18-19-16(22-15)25-9-13-17-14(20-23-13)12-3-2-8-24-12/h2-8H,9H2,1H3. The Balaban J connectivity index is 1.41. The molecule has 126 valence electrons. The predicted molar refractivity (Wildman–Crippen MR) is 93.5 cm³/mol. The van der Waals surface area contributed by atoms with Crippen molar-refractivity contribution in [1.82, 2.24) is 20.3 Å². The Morgan fingerprint density at radius 3 is 2.80 bits per heavy atom. The van der Waals surface area contributed by atoms with Crippen molar-refractivity contribution in [2.45, 2.75) is 11.0 Å². The fraction of sp³-hybridized carbons (Fsp3) is 0.125. The smallest absolute Gasteiger partial charge is 0.277 e. The zero-order chi connectivity index (χ0) is 17.1. The van der Waals surface area contributed by atoms with Crippen LogP contribution in [0.25, 0.3) is 22.2 Å². The van der Waals surface area contributed by atoms with Gasteiger partial charge >= 0.3 is 0 Å². The van der Waals surface area contributed by atoms with Crippen LogP contribution in [0, 0.1) is 0 Å². The monoisotopic (exact) mass is 372 g/mol. The third-order valence-corrected chi connectivity index (χ3v) is 4.94. The van der Waals surface area contributed by atoms with E-state index in [1.54, 1.807) is 18.4 Å². The summed E-state index contributed by atoms with van der Waals surface area (Å²) in [6, 6.07) is 11.3. The third-order valence-electron chi connectivity index (χ3n) is 3.27. The maximum absolute atomic E-state index is 5.66. The molecule has 0 radical (unpaired) electrons. The van der Waals surface area contributed by atoms with E-state index in [1.165, 1.54) is 11.8 Å². The van der Waals surface area contributed by atoms with Crippen LogP contribution >= 0.6 is 23.1 Å². The lowest BCUT2D eigenvalue weighted by atomic mass is 10.2. The van der Waals surface area contributed by atoms with Crippen LogP contribution < -0.4 is 4.74 Å². The number of nitrogens with zero attached hydrogens (tertiary/aromatic N) is 4. The van der Waals surface area contributed by atoms with Gasteiger partial charge in [-0.1, -0.05) is 23.0 Å². The van der Waals surface area contributed by atoms with Gasteiger partial charge in [0.15, 0.2) is 0 Å². The summed E-state index contributed by atoms with van der Waals surface area (Å²) in [5.74, 6) is 2.79. The summed E-state index contributed by atoms with van der Waals surface area (Å²) in [7, 11) is 1.62. The van der Waals surface area contributed by atoms with Gasteiger partial charge in [0.05, 0.1) is 17.7 Å². The van der Waals surface area contributed by atoms with Crippen molar-refractivity contribution < 1.29 is 13.7 Å². The van der Waals surface area contributed by atoms with E-state index in [0.717, 1.165) is 16.2 Å². The van der Waals surface area contributed by atoms with Gasteiger partial charge in [-0.2, -0.15) is 4.98 Å². The molecule has 25 heavy (non-hydrogen) atoms. The first-order valence-electron chi connectivity index (χ1n) is 7.29. The van der Waals surface area contributed by atoms with E-state index in [2.05, 4.69) is 20.3 Å². The zero-order valence-corrected chi connectivity index (χ0v) is 14.7. The van der Waals surface area contributed by atoms with Crippen molar-refractivity contribution in [3.8, 4) is 27.9 Å². The number of thioether (sulfide) groups is 1. The number of aromatic nitrogens is 4. The van der Waals surface area contributed by atoms with E-state index in [4.69, 9.17) is 13.7 Å². The highest BCUT2D eigenvalue weighted by Crippen LogP contribution is 2.27. The molecule has 0 spiro atoms. The second kappa shape index (κ2) is 7.08. The summed E-state index contributed by atoms with van der Waals surface area (Å²) in [5.41, 5.74) is 0.831. The topological polar surface area (TPSA) is 87.1 Å². The van der Waals surface area contributed by atoms with Crippen molar-refractivity contribution in [1.29, 1.82) is 0 Å². The third kappa shape index (κ3) is 3.57. The molecular formula is C16H12N4O3S2. The average Bonchev–Trinajstić information content (AvgIpc) is 3.41. The highest BCUT2D eigenvalue weighted by Gasteiger charge is 2.13. The molecule has 0 saturated heterocycles. The normalized spacial score (nSPS) is 10.9. The summed E-state index contributed by atoms with van der Waals surface area (Å²) in [5, 5.41) is 14.5. The molecule has 0 aliphatic carbocycles. The van der Waals surface area contributed by atoms with Gasteiger partial charge in [0, 0.05) is 5.56 Å². The minimum absolute atomic E-state index is 0.446. The molecule has 9 heteroatoms. The van der Waals surface area contributed by atoms with Gasteiger partial charge in [0.25, 0.3) is 5.22 Å². The average molecular weight is 372 g/mol. The van der Waals surface area contributed by atoms with Gasteiger partial charge in [0.2, 0.25) is 17.6 Å². The molecule has 0 fully saturated rings. The maximum atomic E-state index is 5.66. The lowest BCUT2D eigenvalue weighted by Crippen LogP contribution is -1.82. The Hall–Kier alpha value is -2.65. The van der Waals surface area contributed by atoms with Crippen LogP contribution in [-0.2, 0) is 5.75 Å². The number of methoxy groups -OCH3 is 1. The number of rotatable bonds is 6. The van der Waals surface area contributed by atoms with Crippen LogP contribution in [0.2, 0.25) is 0 Å². The Bertz CT molecular complexity index is 948. The minimum atomic E-state index is 0.446. The summed E-state index contributed by atoms with van der Waals surface area (Å²) in [4.78, 5) is 5.33. The Labute approximate surface area is 151 Å². The predicted octanol–water partition coefficient (Wildman–Crippen LogP) is 4.15. The zero-order valence-electron chi connectivity index (χ0n) is 13.1. The fourth-order valence-corrected chi connectivity index (χ4v) is 3.31. The molecule has 0 N–H and O–H groups in total. The van der Waals surface area contributed by atoms with Crippen LogP contribution in [0.4, 0.5) is 0 Å². The van der Waals surface area contributed by atoms with Crippen LogP contribution in [-0.4, -0.2) is 27.4 Å². The van der Waals surface area contributed by atoms with Gasteiger partial charge in [-0.15, -0.1) is 21.5 Å². The molecule has 0 amide bonds. The highest BCUT2D eigenvalue weighted by atomic mass is 32.2. The maximum Gasteiger partial charge on any atom is 0.277 e. The van der Waals surface area contributed by atoms with Gasteiger partial charge in [-0.25, -0.2) is 0 Å². The largest absolute Gasteiger partial charge is 0.497 e. The number of ether oxygens (including phenoxy) is 1. The second-order valence-corrected chi connectivity index (χ2v) is 6.75. The number of hydrogen-bond donors (Lipinski definition) is 0. The SMILES string of the molecule is COc1ccc(-c2nnc(SCc3nc(-c4cccs4)no3)o2)cc1. The van der Waals surface area contributed by atoms with E-state index in [9.17, 15) is 0 Å². The summed E-state index contributed by atoms with van der Waals surface area (Å²) >= 11 is 2.92. The molecule has 3 aromatic heterocycles. The molecule has 4 rings (SSSR count). The van der Waals surface area contributed by atoms with Gasteiger partial charge in [0.1, 0.15) is 5.75 Å². The summed E-state index contributed by atoms with van der Waals surface area (Å²) in [6.45, 7) is 0. The molecule has 0 bridgehead atoms. The minimum Gasteiger partial charge on any atom is -0.497 e. The first-order valence-corrected chi connectivity index (χ1v) is 9.15. The lowest BCUT2D eigenvalue weighted by Gasteiger charge is -1.99. The number of hydrogen-bond acceptors (Lipinski definition) is 9. The van der Waals surface area contributed by atoms with E-state index in [0.29, 0.717) is 28.6 Å². The number of thiophene rings is 1. The van der Waals surface area contributed by atoms with Crippen molar-refractivity contribution in [2.24, 2.45) is 0 Å². The van der Waals surface area contributed by atoms with Crippen LogP contribution in [0.3, 0.4) is 0 Å². The Kier molecular flexibility index (Phi) is 4.49. The molecular weight excluding hydrogens is 360 g/mol. The molecule has 0 saturated carbocycles. The summed E-state index contributed by atoms with van der Waals surface area (Å²) < 4.78 is 16.0. The summed E-state index contributed by atoms with van der Waals surface area (Å²) in [6.07, 6.45) is 0. The van der Waals surface area contributed by atoms with Gasteiger partial charge in [-0.05, 0) is 35.7 Å². The van der Waals surface area contributed by atoms with Crippen LogP contribution in [0.15, 0.2) is 55.9 Å². The van der Waals surface area contributed by atoms with Crippen molar-refractivity contribution in [2.75, 3.05) is 7.11 Å². The molecule has 0 atom stereocenters. The molecule has 0 aliphatic rings. The van der Waals surface area contributed by atoms with Crippen LogP contribution in [0.1, 0.15) is 5.89 Å². The molecule has 4 aromatic rings. The number of benzene rings is 1. The second-order valence-electron chi connectivity index (χ2n) is 4.88. The quantitative estimate of drug-likeness (QED) is 0.467.